The summed E-state index contributed by atoms with van der Waals surface area (Å²) in [6.07, 6.45) is 5.76. The van der Waals surface area contributed by atoms with Crippen molar-refractivity contribution in [2.75, 3.05) is 19.0 Å². The molecule has 0 amide bonds. The number of hydrogen-bond acceptors (Lipinski definition) is 3. The van der Waals surface area contributed by atoms with E-state index in [4.69, 9.17) is 0 Å². The van der Waals surface area contributed by atoms with Crippen LogP contribution in [0.4, 0.5) is 11.4 Å². The van der Waals surface area contributed by atoms with Crippen LogP contribution in [0.5, 0.6) is 0 Å². The second-order valence-corrected chi connectivity index (χ2v) is 6.35. The van der Waals surface area contributed by atoms with Gasteiger partial charge in [0.15, 0.2) is 0 Å². The van der Waals surface area contributed by atoms with Crippen molar-refractivity contribution in [3.63, 3.8) is 0 Å². The van der Waals surface area contributed by atoms with Crippen LogP contribution in [0.25, 0.3) is 16.6 Å². The van der Waals surface area contributed by atoms with Crippen molar-refractivity contribution < 1.29 is 0 Å². The Hall–Kier alpha value is -3.40. The largest absolute Gasteiger partial charge is 0.378 e. The summed E-state index contributed by atoms with van der Waals surface area (Å²) in [5.74, 6) is 0. The van der Waals surface area contributed by atoms with Crippen LogP contribution in [0.1, 0.15) is 5.69 Å². The van der Waals surface area contributed by atoms with E-state index in [1.807, 2.05) is 44.6 Å². The second-order valence-electron chi connectivity index (χ2n) is 6.35. The number of nitrogens with zero attached hydrogens (tertiary/aromatic N) is 4. The topological polar surface area (TPSA) is 33.4 Å². The van der Waals surface area contributed by atoms with E-state index in [0.717, 1.165) is 28.0 Å². The van der Waals surface area contributed by atoms with Crippen molar-refractivity contribution in [1.82, 2.24) is 9.55 Å². The van der Waals surface area contributed by atoms with Crippen molar-refractivity contribution in [3.05, 3.63) is 84.8 Å². The number of aliphatic imine (C=N–C) groups is 1. The van der Waals surface area contributed by atoms with Gasteiger partial charge in [-0.2, -0.15) is 0 Å². The third-order valence-corrected chi connectivity index (χ3v) is 4.36. The van der Waals surface area contributed by atoms with E-state index < -0.39 is 0 Å². The number of fused-ring (bicyclic) bond motifs is 1. The van der Waals surface area contributed by atoms with Crippen LogP contribution in [0.15, 0.2) is 84.1 Å². The molecule has 0 spiro atoms. The molecule has 4 nitrogen and oxygen atoms in total. The molecule has 0 N–H and O–H groups in total. The first kappa shape index (κ1) is 16.1. The number of hydrogen-bond donors (Lipinski definition) is 0. The Balaban J connectivity index is 1.62. The van der Waals surface area contributed by atoms with Crippen LogP contribution in [0.2, 0.25) is 0 Å². The van der Waals surface area contributed by atoms with Crippen molar-refractivity contribution in [2.24, 2.45) is 4.99 Å². The first-order chi connectivity index (χ1) is 12.7. The molecule has 0 atom stereocenters. The summed E-state index contributed by atoms with van der Waals surface area (Å²) in [7, 11) is 4.09. The molecule has 26 heavy (non-hydrogen) atoms. The van der Waals surface area contributed by atoms with Gasteiger partial charge >= 0.3 is 0 Å². The maximum absolute atomic E-state index is 4.65. The van der Waals surface area contributed by atoms with Gasteiger partial charge in [0.05, 0.1) is 23.1 Å². The molecule has 4 rings (SSSR count). The van der Waals surface area contributed by atoms with Gasteiger partial charge in [0.25, 0.3) is 0 Å². The van der Waals surface area contributed by atoms with Crippen LogP contribution >= 0.6 is 0 Å². The first-order valence-electron chi connectivity index (χ1n) is 8.55. The normalized spacial score (nSPS) is 11.3. The van der Waals surface area contributed by atoms with E-state index in [0.29, 0.717) is 0 Å². The number of benzene rings is 2. The highest BCUT2D eigenvalue weighted by molar-refractivity contribution is 5.85. The van der Waals surface area contributed by atoms with Gasteiger partial charge in [0.2, 0.25) is 0 Å². The number of rotatable bonds is 4. The Kier molecular flexibility index (Phi) is 4.23. The SMILES string of the molecule is CN(C)c1ccc(-n2cccc2C=Nc2ccc3ncccc3c2)cc1. The van der Waals surface area contributed by atoms with E-state index in [-0.39, 0.29) is 0 Å². The van der Waals surface area contributed by atoms with Gasteiger partial charge < -0.3 is 9.47 Å². The molecule has 4 heteroatoms. The highest BCUT2D eigenvalue weighted by Gasteiger charge is 2.03. The molecule has 0 aliphatic heterocycles. The summed E-state index contributed by atoms with van der Waals surface area (Å²) in [5.41, 5.74) is 5.23. The van der Waals surface area contributed by atoms with Gasteiger partial charge in [-0.3, -0.25) is 9.98 Å². The molecule has 4 aromatic rings. The molecule has 0 fully saturated rings. The highest BCUT2D eigenvalue weighted by atomic mass is 15.1. The fourth-order valence-corrected chi connectivity index (χ4v) is 2.93. The van der Waals surface area contributed by atoms with Gasteiger partial charge in [-0.1, -0.05) is 6.07 Å². The minimum Gasteiger partial charge on any atom is -0.378 e. The van der Waals surface area contributed by atoms with Crippen LogP contribution in [0, 0.1) is 0 Å². The van der Waals surface area contributed by atoms with E-state index in [2.05, 4.69) is 68.1 Å². The molecule has 0 aliphatic rings. The third-order valence-electron chi connectivity index (χ3n) is 4.36. The van der Waals surface area contributed by atoms with Gasteiger partial charge in [0.1, 0.15) is 0 Å². The zero-order chi connectivity index (χ0) is 17.9. The third kappa shape index (κ3) is 3.22. The first-order valence-corrected chi connectivity index (χ1v) is 8.55. The number of pyridine rings is 1. The predicted molar refractivity (Wildman–Crippen MR) is 109 cm³/mol. The Morgan fingerprint density at radius 2 is 1.81 bits per heavy atom. The summed E-state index contributed by atoms with van der Waals surface area (Å²) in [4.78, 5) is 11.1. The molecule has 0 radical (unpaired) electrons. The Morgan fingerprint density at radius 3 is 2.62 bits per heavy atom. The molecule has 0 saturated carbocycles. The zero-order valence-electron chi connectivity index (χ0n) is 14.9. The summed E-state index contributed by atoms with van der Waals surface area (Å²) < 4.78 is 2.13. The van der Waals surface area contributed by atoms with Crippen molar-refractivity contribution in [1.29, 1.82) is 0 Å². The molecular weight excluding hydrogens is 320 g/mol. The lowest BCUT2D eigenvalue weighted by atomic mass is 10.2. The molecule has 128 valence electrons. The molecule has 0 saturated heterocycles. The van der Waals surface area contributed by atoms with Gasteiger partial charge in [-0.25, -0.2) is 0 Å². The lowest BCUT2D eigenvalue weighted by Gasteiger charge is -2.13. The minimum absolute atomic E-state index is 0.918. The van der Waals surface area contributed by atoms with Crippen molar-refractivity contribution in [3.8, 4) is 5.69 Å². The fraction of sp³-hybridized carbons (Fsp3) is 0.0909. The Labute approximate surface area is 153 Å². The number of aromatic nitrogens is 2. The average Bonchev–Trinajstić information content (AvgIpc) is 3.15. The highest BCUT2D eigenvalue weighted by Crippen LogP contribution is 2.20. The zero-order valence-corrected chi connectivity index (χ0v) is 14.9. The maximum Gasteiger partial charge on any atom is 0.0703 e. The molecule has 0 bridgehead atoms. The predicted octanol–water partition coefficient (Wildman–Crippen LogP) is 4.84. The van der Waals surface area contributed by atoms with E-state index >= 15 is 0 Å². The number of anilines is 1. The van der Waals surface area contributed by atoms with Gasteiger partial charge in [-0.15, -0.1) is 0 Å². The van der Waals surface area contributed by atoms with E-state index in [1.54, 1.807) is 6.20 Å². The minimum atomic E-state index is 0.918. The lowest BCUT2D eigenvalue weighted by molar-refractivity contribution is 1.06. The van der Waals surface area contributed by atoms with Gasteiger partial charge in [0, 0.05) is 43.3 Å². The van der Waals surface area contributed by atoms with Crippen LogP contribution < -0.4 is 4.90 Å². The second kappa shape index (κ2) is 6.84. The van der Waals surface area contributed by atoms with Crippen LogP contribution in [-0.4, -0.2) is 29.9 Å². The monoisotopic (exact) mass is 340 g/mol. The van der Waals surface area contributed by atoms with E-state index in [1.165, 1.54) is 5.69 Å². The molecular formula is C22H20N4. The van der Waals surface area contributed by atoms with Gasteiger partial charge in [-0.05, 0) is 60.7 Å². The summed E-state index contributed by atoms with van der Waals surface area (Å²) in [6.45, 7) is 0. The van der Waals surface area contributed by atoms with Crippen LogP contribution in [-0.2, 0) is 0 Å². The van der Waals surface area contributed by atoms with E-state index in [9.17, 15) is 0 Å². The summed E-state index contributed by atoms with van der Waals surface area (Å²) in [5, 5.41) is 1.09. The molecule has 2 aromatic carbocycles. The molecule has 0 aliphatic carbocycles. The van der Waals surface area contributed by atoms with Crippen molar-refractivity contribution in [2.45, 2.75) is 0 Å². The average molecular weight is 340 g/mol. The summed E-state index contributed by atoms with van der Waals surface area (Å²) >= 11 is 0. The Bertz CT molecular complexity index is 1060. The fourth-order valence-electron chi connectivity index (χ4n) is 2.93. The smallest absolute Gasteiger partial charge is 0.0703 e. The molecule has 2 aromatic heterocycles. The molecule has 2 heterocycles. The summed E-state index contributed by atoms with van der Waals surface area (Å²) in [6, 6.07) is 22.6. The maximum atomic E-state index is 4.65. The van der Waals surface area contributed by atoms with Crippen LogP contribution in [0.3, 0.4) is 0 Å². The van der Waals surface area contributed by atoms with Crippen molar-refractivity contribution >= 4 is 28.5 Å². The Morgan fingerprint density at radius 1 is 0.962 bits per heavy atom. The quantitative estimate of drug-likeness (QED) is 0.498. The standard InChI is InChI=1S/C22H20N4/c1-25(2)19-8-10-20(11-9-19)26-14-4-6-21(26)16-24-18-7-12-22-17(15-18)5-3-13-23-22/h3-16H,1-2H3. The molecule has 0 unspecified atom stereocenters. The lowest BCUT2D eigenvalue weighted by Crippen LogP contribution is -2.08.